The molecular formula is C24H33F3N2O5S. The summed E-state index contributed by atoms with van der Waals surface area (Å²) in [6.45, 7) is 7.00. The van der Waals surface area contributed by atoms with Crippen LogP contribution in [0.25, 0.3) is 0 Å². The van der Waals surface area contributed by atoms with Gasteiger partial charge in [0.2, 0.25) is 5.91 Å². The highest BCUT2D eigenvalue weighted by atomic mass is 32.2. The van der Waals surface area contributed by atoms with Crippen LogP contribution in [0.2, 0.25) is 0 Å². The molecule has 0 N–H and O–H groups in total. The Labute approximate surface area is 204 Å². The van der Waals surface area contributed by atoms with Crippen molar-refractivity contribution >= 4 is 33.3 Å². The second-order valence-corrected chi connectivity index (χ2v) is 12.4. The van der Waals surface area contributed by atoms with Crippen LogP contribution in [0.1, 0.15) is 70.4 Å². The number of halogens is 3. The Morgan fingerprint density at radius 3 is 2.20 bits per heavy atom. The van der Waals surface area contributed by atoms with E-state index in [-0.39, 0.29) is 21.5 Å². The van der Waals surface area contributed by atoms with Crippen molar-refractivity contribution < 1.29 is 35.9 Å². The number of hydrogen-bond donors (Lipinski definition) is 0. The van der Waals surface area contributed by atoms with E-state index in [9.17, 15) is 31.2 Å². The van der Waals surface area contributed by atoms with E-state index in [1.54, 1.807) is 17.9 Å². The number of anilines is 2. The van der Waals surface area contributed by atoms with Crippen LogP contribution in [-0.4, -0.2) is 39.1 Å². The molecule has 1 aliphatic carbocycles. The number of nitrogens with zero attached hydrogens (tertiary/aromatic N) is 2. The number of carbonyl (C=O) groups is 2. The minimum Gasteiger partial charge on any atom is -0.443 e. The number of aryl methyl sites for hydroxylation is 2. The van der Waals surface area contributed by atoms with Crippen molar-refractivity contribution in [3.63, 3.8) is 0 Å². The summed E-state index contributed by atoms with van der Waals surface area (Å²) in [6.07, 6.45) is 5.18. The smallest absolute Gasteiger partial charge is 0.443 e. The van der Waals surface area contributed by atoms with Crippen molar-refractivity contribution in [3.05, 3.63) is 23.3 Å². The highest BCUT2D eigenvalue weighted by molar-refractivity contribution is 7.93. The second-order valence-electron chi connectivity index (χ2n) is 10.6. The summed E-state index contributed by atoms with van der Waals surface area (Å²) in [5, 5.41) is 0. The van der Waals surface area contributed by atoms with Crippen molar-refractivity contribution in [1.82, 2.24) is 0 Å². The quantitative estimate of drug-likeness (QED) is 0.396. The number of hydrogen-bond acceptors (Lipinski definition) is 5. The van der Waals surface area contributed by atoms with Gasteiger partial charge in [-0.2, -0.15) is 21.6 Å². The zero-order valence-corrected chi connectivity index (χ0v) is 21.6. The van der Waals surface area contributed by atoms with Crippen molar-refractivity contribution in [1.29, 1.82) is 0 Å². The summed E-state index contributed by atoms with van der Waals surface area (Å²) in [6, 6.07) is 2.84. The van der Waals surface area contributed by atoms with Gasteiger partial charge in [0, 0.05) is 12.2 Å². The summed E-state index contributed by atoms with van der Waals surface area (Å²) < 4.78 is 70.9. The molecule has 2 fully saturated rings. The molecule has 1 saturated carbocycles. The molecule has 1 saturated heterocycles. The maximum atomic E-state index is 13.6. The number of sulfonamides is 1. The first kappa shape index (κ1) is 27.3. The molecule has 1 amide bonds. The highest BCUT2D eigenvalue weighted by Crippen LogP contribution is 2.47. The normalized spacial score (nSPS) is 18.7. The Morgan fingerprint density at radius 1 is 1.06 bits per heavy atom. The summed E-state index contributed by atoms with van der Waals surface area (Å²) in [4.78, 5) is 27.2. The van der Waals surface area contributed by atoms with Crippen LogP contribution in [-0.2, 0) is 24.3 Å². The van der Waals surface area contributed by atoms with Crippen LogP contribution in [0.5, 0.6) is 0 Å². The topological polar surface area (TPSA) is 84.0 Å². The van der Waals surface area contributed by atoms with E-state index in [0.717, 1.165) is 32.1 Å². The summed E-state index contributed by atoms with van der Waals surface area (Å²) in [5.74, 6) is -0.918. The van der Waals surface area contributed by atoms with Gasteiger partial charge >= 0.3 is 21.5 Å². The minimum atomic E-state index is -5.90. The Morgan fingerprint density at radius 2 is 1.66 bits per heavy atom. The number of alkyl halides is 3. The van der Waals surface area contributed by atoms with Gasteiger partial charge in [0.25, 0.3) is 0 Å². The molecule has 1 spiro atoms. The first-order valence-corrected chi connectivity index (χ1v) is 13.1. The molecule has 1 aromatic carbocycles. The second kappa shape index (κ2) is 9.29. The third-order valence-corrected chi connectivity index (χ3v) is 8.37. The maximum absolute atomic E-state index is 13.6. The third-order valence-electron chi connectivity index (χ3n) is 6.91. The van der Waals surface area contributed by atoms with Gasteiger partial charge in [-0.15, -0.1) is 0 Å². The highest BCUT2D eigenvalue weighted by Gasteiger charge is 2.52. The first-order valence-electron chi connectivity index (χ1n) is 11.7. The monoisotopic (exact) mass is 518 g/mol. The van der Waals surface area contributed by atoms with E-state index in [2.05, 4.69) is 0 Å². The number of esters is 1. The molecule has 0 atom stereocenters. The molecule has 11 heteroatoms. The lowest BCUT2D eigenvalue weighted by atomic mass is 9.73. The number of rotatable bonds is 5. The Hall–Kier alpha value is -2.30. The van der Waals surface area contributed by atoms with E-state index in [1.165, 1.54) is 33.8 Å². The molecule has 3 rings (SSSR count). The first-order chi connectivity index (χ1) is 16.0. The number of benzene rings is 1. The lowest BCUT2D eigenvalue weighted by Crippen LogP contribution is -2.44. The fourth-order valence-electron chi connectivity index (χ4n) is 4.86. The number of ether oxygens (including phenoxy) is 1. The molecule has 1 aromatic rings. The maximum Gasteiger partial charge on any atom is 0.516 e. The molecule has 0 radical (unpaired) electrons. The lowest BCUT2D eigenvalue weighted by Gasteiger charge is -2.32. The van der Waals surface area contributed by atoms with E-state index in [1.807, 2.05) is 0 Å². The van der Waals surface area contributed by atoms with Gasteiger partial charge in [0.15, 0.2) is 6.73 Å². The van der Waals surface area contributed by atoms with E-state index in [4.69, 9.17) is 4.74 Å². The van der Waals surface area contributed by atoms with Gasteiger partial charge in [-0.3, -0.25) is 9.59 Å². The molecule has 35 heavy (non-hydrogen) atoms. The largest absolute Gasteiger partial charge is 0.516 e. The summed E-state index contributed by atoms with van der Waals surface area (Å²) in [7, 11) is -5.90. The van der Waals surface area contributed by atoms with Crippen LogP contribution in [0.4, 0.5) is 24.5 Å². The van der Waals surface area contributed by atoms with Gasteiger partial charge in [-0.05, 0) is 71.1 Å². The molecule has 0 aromatic heterocycles. The Bertz CT molecular complexity index is 1100. The standard InChI is InChI=1S/C24H33F3N2O5S/c1-16-13-17(2)19(14-18(16)28-12-11-23(20(28)30)9-7-6-8-10-23)29(35(32,33)24(25,26)27)15-34-21(31)22(3,4)5/h13-14H,6-12,15H2,1-5H3. The minimum absolute atomic E-state index is 0.0613. The summed E-state index contributed by atoms with van der Waals surface area (Å²) in [5.41, 5.74) is -6.17. The van der Waals surface area contributed by atoms with Gasteiger partial charge in [-0.1, -0.05) is 25.3 Å². The van der Waals surface area contributed by atoms with E-state index < -0.39 is 39.1 Å². The van der Waals surface area contributed by atoms with E-state index >= 15 is 0 Å². The van der Waals surface area contributed by atoms with Crippen LogP contribution < -0.4 is 9.21 Å². The zero-order chi connectivity index (χ0) is 26.4. The molecule has 0 unspecified atom stereocenters. The molecule has 7 nitrogen and oxygen atoms in total. The van der Waals surface area contributed by atoms with Crippen molar-refractivity contribution in [2.45, 2.75) is 78.7 Å². The average Bonchev–Trinajstić information content (AvgIpc) is 3.03. The molecule has 1 heterocycles. The molecular weight excluding hydrogens is 485 g/mol. The fraction of sp³-hybridized carbons (Fsp3) is 0.667. The number of amides is 1. The lowest BCUT2D eigenvalue weighted by molar-refractivity contribution is -0.152. The van der Waals surface area contributed by atoms with Crippen LogP contribution in [0, 0.1) is 24.7 Å². The predicted molar refractivity (Wildman–Crippen MR) is 126 cm³/mol. The average molecular weight is 519 g/mol. The van der Waals surface area contributed by atoms with Crippen LogP contribution >= 0.6 is 0 Å². The van der Waals surface area contributed by atoms with Crippen molar-refractivity contribution in [3.8, 4) is 0 Å². The molecule has 2 aliphatic rings. The van der Waals surface area contributed by atoms with Gasteiger partial charge in [0.1, 0.15) is 0 Å². The van der Waals surface area contributed by atoms with Crippen LogP contribution in [0.3, 0.4) is 0 Å². The summed E-state index contributed by atoms with van der Waals surface area (Å²) >= 11 is 0. The molecule has 1 aliphatic heterocycles. The Kier molecular flexibility index (Phi) is 7.25. The Balaban J connectivity index is 2.05. The predicted octanol–water partition coefficient (Wildman–Crippen LogP) is 5.19. The van der Waals surface area contributed by atoms with Gasteiger partial charge in [-0.25, -0.2) is 4.31 Å². The van der Waals surface area contributed by atoms with Gasteiger partial charge in [0.05, 0.1) is 16.5 Å². The number of carbonyl (C=O) groups excluding carboxylic acids is 2. The van der Waals surface area contributed by atoms with Crippen molar-refractivity contribution in [2.75, 3.05) is 22.5 Å². The van der Waals surface area contributed by atoms with Crippen molar-refractivity contribution in [2.24, 2.45) is 10.8 Å². The van der Waals surface area contributed by atoms with Gasteiger partial charge < -0.3 is 9.64 Å². The fourth-order valence-corrected chi connectivity index (χ4v) is 5.76. The van der Waals surface area contributed by atoms with E-state index in [0.29, 0.717) is 24.2 Å². The molecule has 196 valence electrons. The SMILES string of the molecule is Cc1cc(C)c(N(COC(=O)C(C)(C)C)S(=O)(=O)C(F)(F)F)cc1N1CCC2(CCCCC2)C1=O. The molecule has 0 bridgehead atoms. The third kappa shape index (κ3) is 5.15. The zero-order valence-electron chi connectivity index (χ0n) is 20.8. The van der Waals surface area contributed by atoms with Crippen LogP contribution in [0.15, 0.2) is 12.1 Å².